The normalized spacial score (nSPS) is 11.0. The van der Waals surface area contributed by atoms with Crippen LogP contribution in [0.5, 0.6) is 0 Å². The van der Waals surface area contributed by atoms with E-state index in [9.17, 15) is 0 Å². The molecular weight excluding hydrogens is 190 g/mol. The van der Waals surface area contributed by atoms with Crippen LogP contribution in [0, 0.1) is 12.8 Å². The molecule has 0 radical (unpaired) electrons. The molecule has 0 saturated heterocycles. The van der Waals surface area contributed by atoms with Crippen molar-refractivity contribution in [1.29, 1.82) is 0 Å². The Kier molecular flexibility index (Phi) is 4.62. The maximum atomic E-state index is 5.06. The number of nitrogens with one attached hydrogen (secondary N) is 1. The third kappa shape index (κ3) is 3.91. The summed E-state index contributed by atoms with van der Waals surface area (Å²) in [5.41, 5.74) is 1.04. The highest BCUT2D eigenvalue weighted by Crippen LogP contribution is 2.08. The van der Waals surface area contributed by atoms with Crippen LogP contribution in [0.2, 0.25) is 0 Å². The summed E-state index contributed by atoms with van der Waals surface area (Å²) in [7, 11) is 1.71. The predicted molar refractivity (Wildman–Crippen MR) is 62.2 cm³/mol. The van der Waals surface area contributed by atoms with E-state index in [2.05, 4.69) is 28.7 Å². The molecule has 0 unspecified atom stereocenters. The first-order chi connectivity index (χ1) is 7.13. The lowest BCUT2D eigenvalue weighted by Crippen LogP contribution is -2.14. The van der Waals surface area contributed by atoms with Gasteiger partial charge in [0.15, 0.2) is 0 Å². The second-order valence-corrected chi connectivity index (χ2v) is 4.17. The van der Waals surface area contributed by atoms with E-state index in [0.29, 0.717) is 12.5 Å². The summed E-state index contributed by atoms with van der Waals surface area (Å²) in [5.74, 6) is 1.57. The van der Waals surface area contributed by atoms with Crippen molar-refractivity contribution in [2.45, 2.75) is 27.3 Å². The van der Waals surface area contributed by atoms with Gasteiger partial charge in [-0.1, -0.05) is 13.8 Å². The topological polar surface area (TPSA) is 39.1 Å². The Bertz CT molecular complexity index is 294. The Morgan fingerprint density at radius 1 is 1.53 bits per heavy atom. The van der Waals surface area contributed by atoms with Gasteiger partial charge in [-0.2, -0.15) is 0 Å². The fraction of sp³-hybridized carbons (Fsp3) is 0.727. The van der Waals surface area contributed by atoms with Crippen molar-refractivity contribution in [2.75, 3.05) is 25.6 Å². The molecule has 0 aliphatic rings. The summed E-state index contributed by atoms with van der Waals surface area (Å²) in [4.78, 5) is 4.43. The van der Waals surface area contributed by atoms with E-state index < -0.39 is 0 Å². The molecule has 0 saturated carbocycles. The minimum atomic E-state index is 0.623. The molecule has 1 N–H and O–H groups in total. The number of rotatable bonds is 6. The van der Waals surface area contributed by atoms with Crippen LogP contribution < -0.4 is 5.32 Å². The highest BCUT2D eigenvalue weighted by atomic mass is 16.5. The molecule has 4 nitrogen and oxygen atoms in total. The number of anilines is 1. The number of imidazole rings is 1. The van der Waals surface area contributed by atoms with Crippen LogP contribution >= 0.6 is 0 Å². The molecular formula is C11H21N3O. The summed E-state index contributed by atoms with van der Waals surface area (Å²) >= 11 is 0. The smallest absolute Gasteiger partial charge is 0.203 e. The van der Waals surface area contributed by atoms with Crippen molar-refractivity contribution < 1.29 is 4.74 Å². The Hall–Kier alpha value is -1.03. The number of hydrogen-bond acceptors (Lipinski definition) is 3. The Labute approximate surface area is 91.7 Å². The minimum Gasteiger partial charge on any atom is -0.383 e. The van der Waals surface area contributed by atoms with E-state index in [0.717, 1.165) is 24.7 Å². The van der Waals surface area contributed by atoms with Gasteiger partial charge in [0, 0.05) is 26.4 Å². The first-order valence-corrected chi connectivity index (χ1v) is 5.40. The second kappa shape index (κ2) is 5.75. The van der Waals surface area contributed by atoms with Gasteiger partial charge in [-0.05, 0) is 12.8 Å². The lowest BCUT2D eigenvalue weighted by Gasteiger charge is -2.10. The largest absolute Gasteiger partial charge is 0.383 e. The zero-order valence-corrected chi connectivity index (χ0v) is 10.1. The standard InChI is InChI=1S/C11H21N3O/c1-9(2)7-12-11-13-10(3)8-14(11)5-6-15-4/h8-9H,5-7H2,1-4H3,(H,12,13). The quantitative estimate of drug-likeness (QED) is 0.781. The highest BCUT2D eigenvalue weighted by molar-refractivity contribution is 5.28. The molecule has 0 spiro atoms. The van der Waals surface area contributed by atoms with Crippen molar-refractivity contribution in [1.82, 2.24) is 9.55 Å². The molecule has 4 heteroatoms. The van der Waals surface area contributed by atoms with Gasteiger partial charge in [0.1, 0.15) is 0 Å². The number of ether oxygens (including phenoxy) is 1. The molecule has 1 aromatic heterocycles. The van der Waals surface area contributed by atoms with Gasteiger partial charge in [0.2, 0.25) is 5.95 Å². The monoisotopic (exact) mass is 211 g/mol. The fourth-order valence-electron chi connectivity index (χ4n) is 1.34. The van der Waals surface area contributed by atoms with Crippen molar-refractivity contribution in [3.8, 4) is 0 Å². The van der Waals surface area contributed by atoms with Gasteiger partial charge in [0.25, 0.3) is 0 Å². The van der Waals surface area contributed by atoms with Crippen molar-refractivity contribution >= 4 is 5.95 Å². The van der Waals surface area contributed by atoms with E-state index in [4.69, 9.17) is 4.74 Å². The van der Waals surface area contributed by atoms with Crippen molar-refractivity contribution in [3.05, 3.63) is 11.9 Å². The summed E-state index contributed by atoms with van der Waals surface area (Å²) in [5, 5.41) is 3.34. The number of aromatic nitrogens is 2. The average Bonchev–Trinajstić information content (AvgIpc) is 2.52. The Balaban J connectivity index is 2.59. The van der Waals surface area contributed by atoms with E-state index >= 15 is 0 Å². The molecule has 0 fully saturated rings. The highest BCUT2D eigenvalue weighted by Gasteiger charge is 2.05. The number of aryl methyl sites for hydroxylation is 1. The number of hydrogen-bond donors (Lipinski definition) is 1. The zero-order chi connectivity index (χ0) is 11.3. The van der Waals surface area contributed by atoms with Crippen LogP contribution in [0.3, 0.4) is 0 Å². The third-order valence-electron chi connectivity index (χ3n) is 2.10. The Morgan fingerprint density at radius 3 is 2.87 bits per heavy atom. The SMILES string of the molecule is COCCn1cc(C)nc1NCC(C)C. The van der Waals surface area contributed by atoms with E-state index in [1.165, 1.54) is 0 Å². The predicted octanol–water partition coefficient (Wildman–Crippen LogP) is 1.91. The van der Waals surface area contributed by atoms with Crippen LogP contribution in [0.4, 0.5) is 5.95 Å². The first kappa shape index (κ1) is 12.0. The molecule has 1 rings (SSSR count). The number of methoxy groups -OCH3 is 1. The van der Waals surface area contributed by atoms with Crippen molar-refractivity contribution in [2.24, 2.45) is 5.92 Å². The summed E-state index contributed by atoms with van der Waals surface area (Å²) in [6.45, 7) is 8.88. The zero-order valence-electron chi connectivity index (χ0n) is 10.1. The molecule has 0 aliphatic heterocycles. The van der Waals surface area contributed by atoms with Crippen molar-refractivity contribution in [3.63, 3.8) is 0 Å². The van der Waals surface area contributed by atoms with Crippen LogP contribution in [-0.4, -0.2) is 29.8 Å². The lowest BCUT2D eigenvalue weighted by molar-refractivity contribution is 0.187. The fourth-order valence-corrected chi connectivity index (χ4v) is 1.34. The Morgan fingerprint density at radius 2 is 2.27 bits per heavy atom. The van der Waals surface area contributed by atoms with E-state index in [-0.39, 0.29) is 0 Å². The van der Waals surface area contributed by atoms with Gasteiger partial charge >= 0.3 is 0 Å². The van der Waals surface area contributed by atoms with Crippen LogP contribution in [-0.2, 0) is 11.3 Å². The van der Waals surface area contributed by atoms with Gasteiger partial charge in [-0.25, -0.2) is 4.98 Å². The van der Waals surface area contributed by atoms with Crippen LogP contribution in [0.25, 0.3) is 0 Å². The summed E-state index contributed by atoms with van der Waals surface area (Å²) < 4.78 is 7.16. The van der Waals surface area contributed by atoms with Gasteiger partial charge in [-0.3, -0.25) is 0 Å². The minimum absolute atomic E-state index is 0.623. The molecule has 1 heterocycles. The maximum absolute atomic E-state index is 5.06. The van der Waals surface area contributed by atoms with E-state index in [1.54, 1.807) is 7.11 Å². The summed E-state index contributed by atoms with van der Waals surface area (Å²) in [6, 6.07) is 0. The molecule has 0 amide bonds. The second-order valence-electron chi connectivity index (χ2n) is 4.17. The average molecular weight is 211 g/mol. The van der Waals surface area contributed by atoms with Gasteiger partial charge in [-0.15, -0.1) is 0 Å². The van der Waals surface area contributed by atoms with Crippen LogP contribution in [0.15, 0.2) is 6.20 Å². The van der Waals surface area contributed by atoms with Gasteiger partial charge < -0.3 is 14.6 Å². The molecule has 86 valence electrons. The maximum Gasteiger partial charge on any atom is 0.203 e. The molecule has 0 atom stereocenters. The lowest BCUT2D eigenvalue weighted by atomic mass is 10.2. The van der Waals surface area contributed by atoms with E-state index in [1.807, 2.05) is 13.1 Å². The molecule has 1 aromatic rings. The summed E-state index contributed by atoms with van der Waals surface area (Å²) in [6.07, 6.45) is 2.04. The number of nitrogens with zero attached hydrogens (tertiary/aromatic N) is 2. The van der Waals surface area contributed by atoms with Crippen LogP contribution in [0.1, 0.15) is 19.5 Å². The molecule has 0 aromatic carbocycles. The molecule has 0 bridgehead atoms. The third-order valence-corrected chi connectivity index (χ3v) is 2.10. The van der Waals surface area contributed by atoms with Gasteiger partial charge in [0.05, 0.1) is 12.3 Å². The molecule has 0 aliphatic carbocycles. The molecule has 15 heavy (non-hydrogen) atoms. The first-order valence-electron chi connectivity index (χ1n) is 5.40.